The number of rotatable bonds is 9. The molecule has 3 aromatic rings. The predicted molar refractivity (Wildman–Crippen MR) is 129 cm³/mol. The lowest BCUT2D eigenvalue weighted by atomic mass is 10.2. The van der Waals surface area contributed by atoms with Gasteiger partial charge in [-0.05, 0) is 25.1 Å². The van der Waals surface area contributed by atoms with Gasteiger partial charge >= 0.3 is 6.61 Å². The van der Waals surface area contributed by atoms with Gasteiger partial charge in [0, 0.05) is 24.7 Å². The Kier molecular flexibility index (Phi) is 10.2. The molecule has 0 aliphatic heterocycles. The molecule has 32 heavy (non-hydrogen) atoms. The molecular weight excluding hydrogens is 533 g/mol. The number of hydrogen-bond acceptors (Lipinski definition) is 5. The maximum absolute atomic E-state index is 12.9. The maximum atomic E-state index is 12.9. The molecule has 0 bridgehead atoms. The number of ether oxygens (including phenoxy) is 2. The van der Waals surface area contributed by atoms with Crippen molar-refractivity contribution in [2.24, 2.45) is 4.99 Å². The lowest BCUT2D eigenvalue weighted by Gasteiger charge is -2.17. The van der Waals surface area contributed by atoms with Crippen LogP contribution in [0, 0.1) is 0 Å². The summed E-state index contributed by atoms with van der Waals surface area (Å²) in [5, 5.41) is 6.19. The van der Waals surface area contributed by atoms with Gasteiger partial charge in [0.05, 0.1) is 18.8 Å². The first-order chi connectivity index (χ1) is 15.1. The van der Waals surface area contributed by atoms with E-state index in [2.05, 4.69) is 25.3 Å². The first-order valence-corrected chi connectivity index (χ1v) is 9.74. The summed E-state index contributed by atoms with van der Waals surface area (Å²) in [5.41, 5.74) is 2.10. The fourth-order valence-corrected chi connectivity index (χ4v) is 2.87. The first-order valence-electron chi connectivity index (χ1n) is 9.74. The Morgan fingerprint density at radius 3 is 2.53 bits per heavy atom. The number of halogens is 3. The smallest absolute Gasteiger partial charge is 0.387 e. The summed E-state index contributed by atoms with van der Waals surface area (Å²) in [7, 11) is 1.61. The number of guanidine groups is 1. The number of aromatic nitrogens is 1. The van der Waals surface area contributed by atoms with Gasteiger partial charge in [0.2, 0.25) is 5.89 Å². The zero-order chi connectivity index (χ0) is 22.1. The predicted octanol–water partition coefficient (Wildman–Crippen LogP) is 4.82. The Bertz CT molecular complexity index is 1000. The van der Waals surface area contributed by atoms with Crippen molar-refractivity contribution in [2.45, 2.75) is 26.6 Å². The third-order valence-electron chi connectivity index (χ3n) is 4.25. The number of oxazole rings is 1. The average molecular weight is 558 g/mol. The van der Waals surface area contributed by atoms with Crippen molar-refractivity contribution < 1.29 is 22.7 Å². The normalized spacial score (nSPS) is 11.1. The second kappa shape index (κ2) is 12.8. The average Bonchev–Trinajstić information content (AvgIpc) is 3.25. The Balaban J connectivity index is 0.00000363. The quantitative estimate of drug-likeness (QED) is 0.223. The van der Waals surface area contributed by atoms with Crippen LogP contribution in [0.2, 0.25) is 0 Å². The fraction of sp³-hybridized carbons (Fsp3) is 0.273. The van der Waals surface area contributed by atoms with E-state index < -0.39 is 6.61 Å². The molecule has 7 nitrogen and oxygen atoms in total. The summed E-state index contributed by atoms with van der Waals surface area (Å²) >= 11 is 0. The first kappa shape index (κ1) is 25.4. The molecule has 0 spiro atoms. The zero-order valence-corrected chi connectivity index (χ0v) is 20.0. The Morgan fingerprint density at radius 1 is 1.09 bits per heavy atom. The van der Waals surface area contributed by atoms with E-state index in [1.54, 1.807) is 38.4 Å². The van der Waals surface area contributed by atoms with Gasteiger partial charge in [-0.25, -0.2) is 4.98 Å². The molecule has 2 aromatic carbocycles. The largest absolute Gasteiger partial charge is 0.490 e. The lowest BCUT2D eigenvalue weighted by molar-refractivity contribution is -0.0520. The molecule has 0 amide bonds. The highest BCUT2D eigenvalue weighted by atomic mass is 127. The van der Waals surface area contributed by atoms with Gasteiger partial charge < -0.3 is 24.5 Å². The molecule has 3 rings (SSSR count). The van der Waals surface area contributed by atoms with E-state index in [0.29, 0.717) is 36.3 Å². The van der Waals surface area contributed by atoms with Crippen LogP contribution in [0.25, 0.3) is 11.5 Å². The summed E-state index contributed by atoms with van der Waals surface area (Å²) in [4.78, 5) is 8.60. The molecule has 0 radical (unpaired) electrons. The number of para-hydroxylation sites is 1. The number of nitrogens with one attached hydrogen (secondary N) is 2. The molecule has 0 saturated carbocycles. The highest BCUT2D eigenvalue weighted by Crippen LogP contribution is 2.32. The number of nitrogens with zero attached hydrogens (tertiary/aromatic N) is 2. The topological polar surface area (TPSA) is 80.9 Å². The summed E-state index contributed by atoms with van der Waals surface area (Å²) in [6.45, 7) is -0.270. The van der Waals surface area contributed by atoms with E-state index in [1.165, 1.54) is 0 Å². The molecule has 0 aliphatic carbocycles. The third-order valence-corrected chi connectivity index (χ3v) is 4.25. The van der Waals surface area contributed by atoms with E-state index in [1.807, 2.05) is 30.3 Å². The number of hydrogen-bond donors (Lipinski definition) is 2. The molecule has 0 aliphatic rings. The standard InChI is InChI=1S/C22H24F2N4O3.HI/c1-3-29-18-11-7-10-16(19(18)31-21(23)24)12-26-22(25-2)27-13-17-14-30-20(28-17)15-8-5-4-6-9-15;/h4-11,14,21H,3,12-13H2,1-2H3,(H2,25,26,27);1H. The molecule has 0 unspecified atom stereocenters. The van der Waals surface area contributed by atoms with Crippen molar-refractivity contribution in [3.63, 3.8) is 0 Å². The fourth-order valence-electron chi connectivity index (χ4n) is 2.87. The van der Waals surface area contributed by atoms with Crippen molar-refractivity contribution >= 4 is 29.9 Å². The SMILES string of the molecule is CCOc1cccc(CNC(=NC)NCc2coc(-c3ccccc3)n2)c1OC(F)F.I. The van der Waals surface area contributed by atoms with E-state index >= 15 is 0 Å². The second-order valence-electron chi connectivity index (χ2n) is 6.35. The van der Waals surface area contributed by atoms with Crippen LogP contribution >= 0.6 is 24.0 Å². The zero-order valence-electron chi connectivity index (χ0n) is 17.7. The number of benzene rings is 2. The van der Waals surface area contributed by atoms with Crippen LogP contribution < -0.4 is 20.1 Å². The number of alkyl halides is 2. The third kappa shape index (κ3) is 7.08. The number of aliphatic imine (C=N–C) groups is 1. The van der Waals surface area contributed by atoms with Crippen LogP contribution in [0.15, 0.2) is 64.2 Å². The summed E-state index contributed by atoms with van der Waals surface area (Å²) in [6.07, 6.45) is 1.57. The van der Waals surface area contributed by atoms with Crippen molar-refractivity contribution in [3.8, 4) is 23.0 Å². The van der Waals surface area contributed by atoms with Crippen molar-refractivity contribution in [2.75, 3.05) is 13.7 Å². The van der Waals surface area contributed by atoms with Gasteiger partial charge in [-0.2, -0.15) is 8.78 Å². The Labute approximate surface area is 202 Å². The van der Waals surface area contributed by atoms with Gasteiger partial charge in [-0.1, -0.05) is 30.3 Å². The molecule has 1 aromatic heterocycles. The molecule has 0 saturated heterocycles. The van der Waals surface area contributed by atoms with E-state index in [0.717, 1.165) is 5.56 Å². The molecule has 0 fully saturated rings. The highest BCUT2D eigenvalue weighted by molar-refractivity contribution is 14.0. The monoisotopic (exact) mass is 558 g/mol. The van der Waals surface area contributed by atoms with Crippen LogP contribution in [0.3, 0.4) is 0 Å². The minimum absolute atomic E-state index is 0. The Morgan fingerprint density at radius 2 is 1.84 bits per heavy atom. The molecule has 172 valence electrons. The minimum Gasteiger partial charge on any atom is -0.490 e. The van der Waals surface area contributed by atoms with Crippen LogP contribution in [0.1, 0.15) is 18.2 Å². The van der Waals surface area contributed by atoms with Gasteiger partial charge in [0.25, 0.3) is 0 Å². The van der Waals surface area contributed by atoms with E-state index in [-0.39, 0.29) is 42.0 Å². The molecule has 10 heteroatoms. The minimum atomic E-state index is -2.95. The summed E-state index contributed by atoms with van der Waals surface area (Å²) < 4.78 is 41.4. The summed E-state index contributed by atoms with van der Waals surface area (Å²) in [6, 6.07) is 14.6. The summed E-state index contributed by atoms with van der Waals surface area (Å²) in [5.74, 6) is 1.27. The van der Waals surface area contributed by atoms with Crippen molar-refractivity contribution in [1.82, 2.24) is 15.6 Å². The van der Waals surface area contributed by atoms with Gasteiger partial charge in [-0.15, -0.1) is 24.0 Å². The molecule has 0 atom stereocenters. The lowest BCUT2D eigenvalue weighted by Crippen LogP contribution is -2.36. The molecule has 1 heterocycles. The van der Waals surface area contributed by atoms with Crippen LogP contribution in [0.5, 0.6) is 11.5 Å². The van der Waals surface area contributed by atoms with Gasteiger partial charge in [0.1, 0.15) is 6.26 Å². The van der Waals surface area contributed by atoms with Crippen LogP contribution in [-0.2, 0) is 13.1 Å². The molecule has 2 N–H and O–H groups in total. The van der Waals surface area contributed by atoms with E-state index in [4.69, 9.17) is 9.15 Å². The molecular formula is C22H25F2IN4O3. The van der Waals surface area contributed by atoms with Gasteiger partial charge in [-0.3, -0.25) is 4.99 Å². The van der Waals surface area contributed by atoms with Crippen molar-refractivity contribution in [1.29, 1.82) is 0 Å². The van der Waals surface area contributed by atoms with E-state index in [9.17, 15) is 8.78 Å². The second-order valence-corrected chi connectivity index (χ2v) is 6.35. The highest BCUT2D eigenvalue weighted by Gasteiger charge is 2.16. The van der Waals surface area contributed by atoms with Crippen molar-refractivity contribution in [3.05, 3.63) is 66.1 Å². The van der Waals surface area contributed by atoms with Gasteiger partial charge in [0.15, 0.2) is 17.5 Å². The van der Waals surface area contributed by atoms with Crippen LogP contribution in [0.4, 0.5) is 8.78 Å². The van der Waals surface area contributed by atoms with Crippen LogP contribution in [-0.4, -0.2) is 31.2 Å². The Hall–Kier alpha value is -2.89. The maximum Gasteiger partial charge on any atom is 0.387 e.